The molecule has 2 aromatic carbocycles. The Morgan fingerprint density at radius 1 is 0.941 bits per heavy atom. The predicted octanol–water partition coefficient (Wildman–Crippen LogP) is 2.90. The summed E-state index contributed by atoms with van der Waals surface area (Å²) in [6.45, 7) is 8.46. The van der Waals surface area contributed by atoms with E-state index in [0.29, 0.717) is 18.1 Å². The first-order valence-corrected chi connectivity index (χ1v) is 11.8. The van der Waals surface area contributed by atoms with E-state index in [1.54, 1.807) is 18.2 Å². The van der Waals surface area contributed by atoms with Gasteiger partial charge in [0.05, 0.1) is 0 Å². The summed E-state index contributed by atoms with van der Waals surface area (Å²) < 4.78 is 26.1. The number of hydrogen-bond acceptors (Lipinski definition) is 3. The quantitative estimate of drug-likeness (QED) is 0.663. The molecule has 0 aliphatic carbocycles. The number of nitrogens with zero attached hydrogens (tertiary/aromatic N) is 1. The van der Waals surface area contributed by atoms with Gasteiger partial charge in [0.25, 0.3) is 0 Å². The van der Waals surface area contributed by atoms with Crippen LogP contribution >= 0.6 is 0 Å². The molecule has 2 heterocycles. The molecule has 0 spiro atoms. The molecule has 0 bridgehead atoms. The molecule has 3 nitrogen and oxygen atoms in total. The molecular weight excluding hydrogens is 440 g/mol. The molecule has 3 radical (unpaired) electrons. The van der Waals surface area contributed by atoms with E-state index < -0.39 is 0 Å². The molecule has 1 saturated heterocycles. The van der Waals surface area contributed by atoms with Crippen molar-refractivity contribution in [3.05, 3.63) is 70.3 Å². The van der Waals surface area contributed by atoms with E-state index in [1.807, 2.05) is 12.1 Å². The van der Waals surface area contributed by atoms with E-state index in [4.69, 9.17) is 5.11 Å². The average molecular weight is 479 g/mol. The summed E-state index contributed by atoms with van der Waals surface area (Å²) in [4.78, 5) is 4.59. The Hall–Kier alpha value is -1.05. The van der Waals surface area contributed by atoms with E-state index in [0.717, 1.165) is 55.2 Å². The molecule has 2 aromatic rings. The fraction of sp³-hybridized carbons (Fsp3) is 0.519. The van der Waals surface area contributed by atoms with E-state index in [9.17, 15) is 8.78 Å². The van der Waals surface area contributed by atoms with Gasteiger partial charge < -0.3 is 11.8 Å². The molecule has 2 N–H and O–H groups in total. The van der Waals surface area contributed by atoms with Crippen molar-refractivity contribution in [1.29, 1.82) is 0 Å². The Kier molecular flexibility index (Phi) is 16.1. The second kappa shape index (κ2) is 16.6. The van der Waals surface area contributed by atoms with Gasteiger partial charge in [-0.2, -0.15) is 0 Å². The first-order valence-electron chi connectivity index (χ1n) is 11.8. The van der Waals surface area contributed by atoms with Gasteiger partial charge in [-0.05, 0) is 105 Å². The minimum absolute atomic E-state index is 0. The summed E-state index contributed by atoms with van der Waals surface area (Å²) in [6.07, 6.45) is 6.29. The molecule has 4 rings (SSSR count). The van der Waals surface area contributed by atoms with Gasteiger partial charge in [0.1, 0.15) is 11.6 Å². The Labute approximate surface area is 230 Å². The van der Waals surface area contributed by atoms with E-state index in [1.165, 1.54) is 24.5 Å². The summed E-state index contributed by atoms with van der Waals surface area (Å²) in [5.41, 5.74) is 5.79. The second-order valence-electron chi connectivity index (χ2n) is 8.51. The van der Waals surface area contributed by atoms with Crippen LogP contribution in [0.1, 0.15) is 83.1 Å². The Balaban J connectivity index is 0. The molecule has 3 unspecified atom stereocenters. The number of aliphatic hydroxyl groups excluding tert-OH is 1. The van der Waals surface area contributed by atoms with Crippen LogP contribution in [-0.4, -0.2) is 38.4 Å². The van der Waals surface area contributed by atoms with Crippen LogP contribution < -0.4 is 34.9 Å². The van der Waals surface area contributed by atoms with Gasteiger partial charge in [-0.25, -0.2) is 8.78 Å². The monoisotopic (exact) mass is 479 g/mol. The van der Waals surface area contributed by atoms with Crippen molar-refractivity contribution in [2.24, 2.45) is 4.99 Å². The summed E-state index contributed by atoms with van der Waals surface area (Å²) >= 11 is 0. The average Bonchev–Trinajstić information content (AvgIpc) is 3.43. The van der Waals surface area contributed by atoms with Crippen molar-refractivity contribution in [3.63, 3.8) is 0 Å². The number of aliphatic imine (C=N–C) groups is 1. The fourth-order valence-corrected chi connectivity index (χ4v) is 4.47. The van der Waals surface area contributed by atoms with Crippen LogP contribution in [0, 0.1) is 11.6 Å². The van der Waals surface area contributed by atoms with Gasteiger partial charge in [-0.15, -0.1) is 0 Å². The molecule has 0 aromatic heterocycles. The first kappa shape index (κ1) is 33.0. The Morgan fingerprint density at radius 3 is 2.03 bits per heavy atom. The Morgan fingerprint density at radius 2 is 1.53 bits per heavy atom. The number of rotatable bonds is 4. The normalized spacial score (nSPS) is 20.6. The SMILES string of the molecule is CCc1cc(F)ccc1C1=NC(C)CC1.CCc1cc(F)ccc1C1CCC(C)N1.CO.[B].[H-].[Na+]. The zero-order valence-corrected chi connectivity index (χ0v) is 23.7. The summed E-state index contributed by atoms with van der Waals surface area (Å²) in [6, 6.07) is 11.6. The smallest absolute Gasteiger partial charge is 1.00 e. The summed E-state index contributed by atoms with van der Waals surface area (Å²) in [5.74, 6) is -0.274. The third-order valence-electron chi connectivity index (χ3n) is 6.17. The maximum Gasteiger partial charge on any atom is 1.00 e. The summed E-state index contributed by atoms with van der Waals surface area (Å²) in [7, 11) is 1.00. The van der Waals surface area contributed by atoms with E-state index in [2.05, 4.69) is 38.0 Å². The van der Waals surface area contributed by atoms with Crippen molar-refractivity contribution in [3.8, 4) is 0 Å². The van der Waals surface area contributed by atoms with Crippen LogP contribution in [-0.2, 0) is 12.8 Å². The van der Waals surface area contributed by atoms with Crippen molar-refractivity contribution in [1.82, 2.24) is 5.32 Å². The molecular formula is C27H39BF2N2NaO. The van der Waals surface area contributed by atoms with Crippen LogP contribution in [0.25, 0.3) is 0 Å². The zero-order valence-electron chi connectivity index (χ0n) is 22.7. The van der Waals surface area contributed by atoms with Crippen LogP contribution in [0.3, 0.4) is 0 Å². The first-order chi connectivity index (χ1) is 15.4. The van der Waals surface area contributed by atoms with Gasteiger partial charge >= 0.3 is 29.6 Å². The van der Waals surface area contributed by atoms with Crippen LogP contribution in [0.4, 0.5) is 8.78 Å². The topological polar surface area (TPSA) is 44.6 Å². The van der Waals surface area contributed by atoms with Crippen molar-refractivity contribution in [2.75, 3.05) is 7.11 Å². The van der Waals surface area contributed by atoms with Crippen molar-refractivity contribution in [2.45, 2.75) is 84.3 Å². The maximum atomic E-state index is 13.1. The van der Waals surface area contributed by atoms with E-state index >= 15 is 0 Å². The predicted molar refractivity (Wildman–Crippen MR) is 136 cm³/mol. The minimum atomic E-state index is -0.151. The van der Waals surface area contributed by atoms with Gasteiger partial charge in [0, 0.05) is 39.4 Å². The third-order valence-corrected chi connectivity index (χ3v) is 6.17. The van der Waals surface area contributed by atoms with Crippen molar-refractivity contribution < 1.29 is 44.9 Å². The number of aliphatic hydroxyl groups is 1. The standard InChI is InChI=1S/C13H18FN.C13H16FN.CH4O.B.Na.H/c2*1-3-10-8-11(14)5-6-12(10)13-7-4-9(2)15-13;1-2;;;/h5-6,8-9,13,15H,3-4,7H2,1-2H3;5-6,8-9H,3-4,7H2,1-2H3;2H,1H3;;;/q;;;;+1;-1. The zero-order chi connectivity index (χ0) is 23.7. The van der Waals surface area contributed by atoms with Gasteiger partial charge in [-0.1, -0.05) is 19.9 Å². The third kappa shape index (κ3) is 9.20. The molecule has 2 aliphatic rings. The van der Waals surface area contributed by atoms with Crippen LogP contribution in [0.2, 0.25) is 0 Å². The fourth-order valence-electron chi connectivity index (χ4n) is 4.47. The Bertz CT molecular complexity index is 917. The van der Waals surface area contributed by atoms with Gasteiger partial charge in [0.15, 0.2) is 0 Å². The van der Waals surface area contributed by atoms with Crippen LogP contribution in [0.15, 0.2) is 41.4 Å². The molecule has 181 valence electrons. The number of benzene rings is 2. The van der Waals surface area contributed by atoms with Gasteiger partial charge in [-0.3, -0.25) is 4.99 Å². The number of nitrogens with one attached hydrogen (secondary N) is 1. The number of hydrogen-bond donors (Lipinski definition) is 2. The molecule has 1 fully saturated rings. The molecule has 7 heteroatoms. The molecule has 0 amide bonds. The van der Waals surface area contributed by atoms with Crippen molar-refractivity contribution >= 4 is 14.1 Å². The van der Waals surface area contributed by atoms with Crippen LogP contribution in [0.5, 0.6) is 0 Å². The number of aryl methyl sites for hydroxylation is 2. The molecule has 34 heavy (non-hydrogen) atoms. The summed E-state index contributed by atoms with van der Waals surface area (Å²) in [5, 5.41) is 10.5. The second-order valence-corrected chi connectivity index (χ2v) is 8.51. The number of halogens is 2. The van der Waals surface area contributed by atoms with E-state index in [-0.39, 0.29) is 51.0 Å². The largest absolute Gasteiger partial charge is 1.00 e. The molecule has 0 saturated carbocycles. The minimum Gasteiger partial charge on any atom is -1.00 e. The maximum absolute atomic E-state index is 13.1. The molecule has 2 aliphatic heterocycles. The molecule has 3 atom stereocenters. The van der Waals surface area contributed by atoms with Gasteiger partial charge in [0.2, 0.25) is 0 Å².